The summed E-state index contributed by atoms with van der Waals surface area (Å²) in [6.45, 7) is 5.37. The van der Waals surface area contributed by atoms with Gasteiger partial charge in [0, 0.05) is 16.7 Å². The molecule has 0 saturated carbocycles. The molecule has 0 amide bonds. The summed E-state index contributed by atoms with van der Waals surface area (Å²) in [6, 6.07) is 15.0. The van der Waals surface area contributed by atoms with Gasteiger partial charge in [-0.15, -0.1) is 0 Å². The van der Waals surface area contributed by atoms with Gasteiger partial charge in [-0.3, -0.25) is 9.36 Å². The molecule has 0 spiro atoms. The number of hydrogen-bond donors (Lipinski definition) is 0. The number of methoxy groups -OCH3 is 1. The molecule has 4 aromatic rings. The van der Waals surface area contributed by atoms with Crippen molar-refractivity contribution in [3.63, 3.8) is 0 Å². The minimum absolute atomic E-state index is 0.0346. The van der Waals surface area contributed by atoms with Crippen LogP contribution in [-0.4, -0.2) is 24.3 Å². The quantitative estimate of drug-likeness (QED) is 0.212. The average Bonchev–Trinajstić information content (AvgIpc) is 3.52. The Bertz CT molecular complexity index is 1800. The average molecular weight is 581 g/mol. The van der Waals surface area contributed by atoms with Gasteiger partial charge >= 0.3 is 5.97 Å². The number of allylic oxidation sites excluding steroid dienone is 1. The summed E-state index contributed by atoms with van der Waals surface area (Å²) in [5.74, 6) is 1.05. The lowest BCUT2D eigenvalue weighted by atomic mass is 9.96. The highest BCUT2D eigenvalue weighted by molar-refractivity contribution is 7.07. The predicted octanol–water partition coefficient (Wildman–Crippen LogP) is 5.54. The third kappa shape index (κ3) is 5.23. The van der Waals surface area contributed by atoms with Crippen molar-refractivity contribution in [2.24, 2.45) is 4.99 Å². The predicted molar refractivity (Wildman–Crippen MR) is 152 cm³/mol. The fraction of sp³-hybridized carbons (Fsp3) is 0.138. The van der Waals surface area contributed by atoms with E-state index in [2.05, 4.69) is 11.6 Å². The van der Waals surface area contributed by atoms with Crippen molar-refractivity contribution < 1.29 is 18.7 Å². The van der Waals surface area contributed by atoms with Crippen LogP contribution in [-0.2, 0) is 9.53 Å². The molecule has 2 aromatic heterocycles. The van der Waals surface area contributed by atoms with Gasteiger partial charge in [0.1, 0.15) is 23.9 Å². The highest BCUT2D eigenvalue weighted by Gasteiger charge is 2.33. The number of halogens is 2. The number of hydrogen-bond acceptors (Lipinski definition) is 7. The van der Waals surface area contributed by atoms with Crippen molar-refractivity contribution >= 4 is 46.6 Å². The molecule has 0 fully saturated rings. The first-order valence-electron chi connectivity index (χ1n) is 11.8. The zero-order valence-corrected chi connectivity index (χ0v) is 23.3. The smallest absolute Gasteiger partial charge is 0.338 e. The molecule has 198 valence electrons. The van der Waals surface area contributed by atoms with E-state index in [1.54, 1.807) is 62.6 Å². The van der Waals surface area contributed by atoms with Crippen LogP contribution in [0.1, 0.15) is 24.3 Å². The largest absolute Gasteiger partial charge is 0.497 e. The lowest BCUT2D eigenvalue weighted by Gasteiger charge is -2.24. The van der Waals surface area contributed by atoms with E-state index in [4.69, 9.17) is 37.1 Å². The van der Waals surface area contributed by atoms with Crippen molar-refractivity contribution in [3.8, 4) is 17.1 Å². The van der Waals surface area contributed by atoms with E-state index in [-0.39, 0.29) is 17.7 Å². The molecular formula is C29H22Cl2N2O5S. The number of nitrogens with zero attached hydrogens (tertiary/aromatic N) is 2. The van der Waals surface area contributed by atoms with Crippen molar-refractivity contribution in [1.82, 2.24) is 4.57 Å². The number of rotatable bonds is 7. The summed E-state index contributed by atoms with van der Waals surface area (Å²) in [4.78, 5) is 31.9. The standard InChI is InChI=1S/C29H22Cl2N2O5S/c1-4-13-37-28(35)25-16(2)32-29-33(26(25)17-5-8-19(36-3)9-6-17)27(34)24(39-29)15-20-10-12-23(38-20)21-14-18(30)7-11-22(21)31/h4-12,14-15,26H,1,13H2,2-3H3/b24-15-/t26-/m0/s1. The van der Waals surface area contributed by atoms with E-state index in [1.807, 2.05) is 12.1 Å². The molecule has 0 N–H and O–H groups in total. The van der Waals surface area contributed by atoms with E-state index in [9.17, 15) is 9.59 Å². The van der Waals surface area contributed by atoms with Gasteiger partial charge in [0.25, 0.3) is 5.56 Å². The third-order valence-corrected chi connectivity index (χ3v) is 7.65. The van der Waals surface area contributed by atoms with Gasteiger partial charge in [-0.25, -0.2) is 9.79 Å². The number of furan rings is 1. The minimum Gasteiger partial charge on any atom is -0.497 e. The van der Waals surface area contributed by atoms with E-state index < -0.39 is 12.0 Å². The Morgan fingerprint density at radius 1 is 1.18 bits per heavy atom. The zero-order valence-electron chi connectivity index (χ0n) is 20.9. The van der Waals surface area contributed by atoms with Gasteiger partial charge in [-0.1, -0.05) is 59.3 Å². The van der Waals surface area contributed by atoms with Crippen LogP contribution >= 0.6 is 34.5 Å². The first kappa shape index (κ1) is 26.7. The topological polar surface area (TPSA) is 83.0 Å². The van der Waals surface area contributed by atoms with Gasteiger partial charge in [-0.2, -0.15) is 0 Å². The van der Waals surface area contributed by atoms with E-state index in [1.165, 1.54) is 22.0 Å². The lowest BCUT2D eigenvalue weighted by Crippen LogP contribution is -2.39. The maximum Gasteiger partial charge on any atom is 0.338 e. The molecule has 1 atom stereocenters. The van der Waals surface area contributed by atoms with Crippen LogP contribution in [0.3, 0.4) is 0 Å². The van der Waals surface area contributed by atoms with Crippen molar-refractivity contribution in [1.29, 1.82) is 0 Å². The molecule has 1 aliphatic rings. The molecule has 39 heavy (non-hydrogen) atoms. The summed E-state index contributed by atoms with van der Waals surface area (Å²) >= 11 is 13.7. The highest BCUT2D eigenvalue weighted by Crippen LogP contribution is 2.33. The molecule has 0 unspecified atom stereocenters. The molecule has 1 aliphatic heterocycles. The number of carbonyl (C=O) groups excluding carboxylic acids is 1. The summed E-state index contributed by atoms with van der Waals surface area (Å²) < 4.78 is 18.5. The Labute approximate surface area is 237 Å². The summed E-state index contributed by atoms with van der Waals surface area (Å²) in [7, 11) is 1.57. The Morgan fingerprint density at radius 3 is 2.67 bits per heavy atom. The van der Waals surface area contributed by atoms with Crippen molar-refractivity contribution in [2.75, 3.05) is 13.7 Å². The first-order valence-corrected chi connectivity index (χ1v) is 13.4. The maximum atomic E-state index is 13.8. The number of carbonyl (C=O) groups is 1. The zero-order chi connectivity index (χ0) is 27.7. The van der Waals surface area contributed by atoms with Crippen molar-refractivity contribution in [3.05, 3.63) is 120 Å². The van der Waals surface area contributed by atoms with Crippen LogP contribution in [0.5, 0.6) is 5.75 Å². The second-order valence-electron chi connectivity index (χ2n) is 8.57. The van der Waals surface area contributed by atoms with Gasteiger partial charge < -0.3 is 13.9 Å². The van der Waals surface area contributed by atoms with Gasteiger partial charge in [-0.05, 0) is 55.0 Å². The normalized spacial score (nSPS) is 15.1. The fourth-order valence-electron chi connectivity index (χ4n) is 4.29. The number of thiazole rings is 1. The van der Waals surface area contributed by atoms with E-state index >= 15 is 0 Å². The summed E-state index contributed by atoms with van der Waals surface area (Å²) in [6.07, 6.45) is 3.13. The number of aromatic nitrogens is 1. The third-order valence-electron chi connectivity index (χ3n) is 6.10. The fourth-order valence-corrected chi connectivity index (χ4v) is 5.70. The number of ether oxygens (including phenoxy) is 2. The van der Waals surface area contributed by atoms with Crippen LogP contribution < -0.4 is 19.6 Å². The molecule has 5 rings (SSSR count). The highest BCUT2D eigenvalue weighted by atomic mass is 35.5. The molecule has 0 radical (unpaired) electrons. The van der Waals surface area contributed by atoms with Crippen LogP contribution in [0.2, 0.25) is 10.0 Å². The second-order valence-corrected chi connectivity index (χ2v) is 10.4. The monoisotopic (exact) mass is 580 g/mol. The maximum absolute atomic E-state index is 13.8. The molecule has 2 aromatic carbocycles. The Morgan fingerprint density at radius 2 is 1.95 bits per heavy atom. The summed E-state index contributed by atoms with van der Waals surface area (Å²) in [5, 5.41) is 1.02. The van der Waals surface area contributed by atoms with Crippen LogP contribution in [0, 0.1) is 0 Å². The summed E-state index contributed by atoms with van der Waals surface area (Å²) in [5.41, 5.74) is 1.77. The molecule has 0 aliphatic carbocycles. The molecule has 0 bridgehead atoms. The van der Waals surface area contributed by atoms with Crippen LogP contribution in [0.15, 0.2) is 92.7 Å². The molecule has 10 heteroatoms. The number of esters is 1. The van der Waals surface area contributed by atoms with Gasteiger partial charge in [0.15, 0.2) is 4.80 Å². The molecule has 0 saturated heterocycles. The Hall–Kier alpha value is -3.85. The number of fused-ring (bicyclic) bond motifs is 1. The second kappa shape index (κ2) is 11.1. The van der Waals surface area contributed by atoms with Crippen LogP contribution in [0.25, 0.3) is 17.4 Å². The molecule has 3 heterocycles. The number of benzene rings is 2. The SMILES string of the molecule is C=CCOC(=O)C1=C(C)N=c2s/c(=C\c3ccc(-c4cc(Cl)ccc4Cl)o3)c(=O)n2[C@H]1c1ccc(OC)cc1. The minimum atomic E-state index is -0.746. The van der Waals surface area contributed by atoms with E-state index in [0.29, 0.717) is 53.5 Å². The van der Waals surface area contributed by atoms with Gasteiger partial charge in [0.2, 0.25) is 0 Å². The van der Waals surface area contributed by atoms with Gasteiger partial charge in [0.05, 0.1) is 34.0 Å². The lowest BCUT2D eigenvalue weighted by molar-refractivity contribution is -0.138. The Kier molecular flexibility index (Phi) is 7.61. The first-order chi connectivity index (χ1) is 18.8. The molecular weight excluding hydrogens is 559 g/mol. The van der Waals surface area contributed by atoms with Crippen LogP contribution in [0.4, 0.5) is 0 Å². The Balaban J connectivity index is 1.63. The van der Waals surface area contributed by atoms with Crippen molar-refractivity contribution in [2.45, 2.75) is 13.0 Å². The molecule has 7 nitrogen and oxygen atoms in total. The van der Waals surface area contributed by atoms with E-state index in [0.717, 1.165) is 0 Å².